The van der Waals surface area contributed by atoms with Gasteiger partial charge in [-0.1, -0.05) is 19.1 Å². The quantitative estimate of drug-likeness (QED) is 0.776. The highest BCUT2D eigenvalue weighted by Crippen LogP contribution is 2.20. The zero-order valence-electron chi connectivity index (χ0n) is 13.9. The minimum atomic E-state index is -0.666. The number of carbonyl (C=O) groups excluding carboxylic acids is 3. The third kappa shape index (κ3) is 7.30. The molecule has 1 aromatic rings. The number of ether oxygens (including phenoxy) is 1. The van der Waals surface area contributed by atoms with Crippen molar-refractivity contribution in [3.8, 4) is 0 Å². The molecule has 0 aliphatic heterocycles. The van der Waals surface area contributed by atoms with Crippen LogP contribution < -0.4 is 16.0 Å². The summed E-state index contributed by atoms with van der Waals surface area (Å²) in [6, 6.07) is 6.83. The minimum Gasteiger partial charge on any atom is -0.444 e. The average molecular weight is 321 g/mol. The molecule has 0 heterocycles. The zero-order valence-corrected chi connectivity index (χ0v) is 13.9. The van der Waals surface area contributed by atoms with Crippen LogP contribution in [0.15, 0.2) is 24.3 Å². The molecule has 7 heteroatoms. The molecule has 0 spiro atoms. The molecule has 3 amide bonds. The first-order valence-electron chi connectivity index (χ1n) is 7.37. The molecule has 1 rings (SSSR count). The Bertz CT molecular complexity index is 579. The molecule has 0 aliphatic carbocycles. The van der Waals surface area contributed by atoms with Crippen LogP contribution in [-0.4, -0.2) is 30.1 Å². The van der Waals surface area contributed by atoms with Crippen LogP contribution in [0, 0.1) is 0 Å². The van der Waals surface area contributed by atoms with E-state index in [0.717, 1.165) is 0 Å². The van der Waals surface area contributed by atoms with Crippen molar-refractivity contribution in [1.29, 1.82) is 0 Å². The predicted molar refractivity (Wildman–Crippen MR) is 88.2 cm³/mol. The number of hydrogen-bond acceptors (Lipinski definition) is 4. The fraction of sp³-hybridized carbons (Fsp3) is 0.438. The second-order valence-electron chi connectivity index (χ2n) is 5.85. The van der Waals surface area contributed by atoms with Gasteiger partial charge in [0.2, 0.25) is 11.8 Å². The molecule has 0 unspecified atom stereocenters. The number of alkyl carbamates (subject to hydrolysis) is 1. The lowest BCUT2D eigenvalue weighted by Crippen LogP contribution is -2.37. The summed E-state index contributed by atoms with van der Waals surface area (Å²) >= 11 is 0. The Morgan fingerprint density at radius 2 is 1.52 bits per heavy atom. The molecule has 0 aliphatic rings. The van der Waals surface area contributed by atoms with E-state index < -0.39 is 17.6 Å². The molecular formula is C16H23N3O4. The van der Waals surface area contributed by atoms with Gasteiger partial charge < -0.3 is 20.7 Å². The van der Waals surface area contributed by atoms with Gasteiger partial charge in [0, 0.05) is 6.42 Å². The molecule has 23 heavy (non-hydrogen) atoms. The maximum Gasteiger partial charge on any atom is 0.408 e. The molecule has 0 saturated carbocycles. The fourth-order valence-electron chi connectivity index (χ4n) is 1.60. The van der Waals surface area contributed by atoms with E-state index in [9.17, 15) is 14.4 Å². The number of nitrogens with one attached hydrogen (secondary N) is 3. The zero-order chi connectivity index (χ0) is 17.5. The number of para-hydroxylation sites is 2. The molecule has 0 saturated heterocycles. The van der Waals surface area contributed by atoms with Crippen molar-refractivity contribution < 1.29 is 19.1 Å². The SMILES string of the molecule is CCC(=O)Nc1ccccc1NC(=O)CNC(=O)OC(C)(C)C. The highest BCUT2D eigenvalue weighted by molar-refractivity contribution is 6.00. The summed E-state index contributed by atoms with van der Waals surface area (Å²) in [5, 5.41) is 7.70. The highest BCUT2D eigenvalue weighted by atomic mass is 16.6. The first kappa shape index (κ1) is 18.5. The van der Waals surface area contributed by atoms with E-state index in [0.29, 0.717) is 17.8 Å². The van der Waals surface area contributed by atoms with Gasteiger partial charge in [0.1, 0.15) is 12.1 Å². The number of benzene rings is 1. The Hall–Kier alpha value is -2.57. The highest BCUT2D eigenvalue weighted by Gasteiger charge is 2.17. The topological polar surface area (TPSA) is 96.5 Å². The van der Waals surface area contributed by atoms with E-state index >= 15 is 0 Å². The Balaban J connectivity index is 2.58. The number of anilines is 2. The van der Waals surface area contributed by atoms with Crippen LogP contribution in [0.3, 0.4) is 0 Å². The van der Waals surface area contributed by atoms with Gasteiger partial charge in [0.15, 0.2) is 0 Å². The Labute approximate surface area is 135 Å². The van der Waals surface area contributed by atoms with E-state index in [1.165, 1.54) is 0 Å². The van der Waals surface area contributed by atoms with E-state index in [4.69, 9.17) is 4.74 Å². The Morgan fingerprint density at radius 3 is 2.00 bits per heavy atom. The van der Waals surface area contributed by atoms with Gasteiger partial charge in [-0.05, 0) is 32.9 Å². The summed E-state index contributed by atoms with van der Waals surface area (Å²) in [6.45, 7) is 6.71. The van der Waals surface area contributed by atoms with Crippen molar-refractivity contribution >= 4 is 29.3 Å². The van der Waals surface area contributed by atoms with Gasteiger partial charge in [-0.3, -0.25) is 9.59 Å². The molecule has 0 atom stereocenters. The summed E-state index contributed by atoms with van der Waals surface area (Å²) < 4.78 is 5.04. The van der Waals surface area contributed by atoms with Crippen molar-refractivity contribution in [2.45, 2.75) is 39.7 Å². The average Bonchev–Trinajstić information content (AvgIpc) is 2.45. The Kier molecular flexibility index (Phi) is 6.56. The molecule has 3 N–H and O–H groups in total. The van der Waals surface area contributed by atoms with Crippen molar-refractivity contribution in [1.82, 2.24) is 5.32 Å². The van der Waals surface area contributed by atoms with Gasteiger partial charge in [0.25, 0.3) is 0 Å². The molecule has 7 nitrogen and oxygen atoms in total. The number of carbonyl (C=O) groups is 3. The van der Waals surface area contributed by atoms with E-state index in [2.05, 4.69) is 16.0 Å². The lowest BCUT2D eigenvalue weighted by atomic mass is 10.2. The molecule has 0 bridgehead atoms. The van der Waals surface area contributed by atoms with Crippen molar-refractivity contribution in [3.63, 3.8) is 0 Å². The maximum atomic E-state index is 11.9. The summed E-state index contributed by atoms with van der Waals surface area (Å²) in [5.41, 5.74) is 0.340. The minimum absolute atomic E-state index is 0.154. The van der Waals surface area contributed by atoms with Gasteiger partial charge in [0.05, 0.1) is 11.4 Å². The predicted octanol–water partition coefficient (Wildman–Crippen LogP) is 2.50. The second kappa shape index (κ2) is 8.17. The lowest BCUT2D eigenvalue weighted by Gasteiger charge is -2.19. The summed E-state index contributed by atoms with van der Waals surface area (Å²) in [7, 11) is 0. The van der Waals surface area contributed by atoms with Crippen LogP contribution in [-0.2, 0) is 14.3 Å². The molecule has 0 aromatic heterocycles. The van der Waals surface area contributed by atoms with Crippen LogP contribution in [0.25, 0.3) is 0 Å². The van der Waals surface area contributed by atoms with Gasteiger partial charge in [-0.2, -0.15) is 0 Å². The third-order valence-corrected chi connectivity index (χ3v) is 2.59. The van der Waals surface area contributed by atoms with Crippen LogP contribution in [0.4, 0.5) is 16.2 Å². The summed E-state index contributed by atoms with van der Waals surface area (Å²) in [4.78, 5) is 34.9. The molecule has 1 aromatic carbocycles. The normalized spacial score (nSPS) is 10.6. The first-order valence-corrected chi connectivity index (χ1v) is 7.37. The molecule has 126 valence electrons. The third-order valence-electron chi connectivity index (χ3n) is 2.59. The molecule has 0 radical (unpaired) electrons. The molecule has 0 fully saturated rings. The number of rotatable bonds is 5. The first-order chi connectivity index (χ1) is 10.7. The maximum absolute atomic E-state index is 11.9. The summed E-state index contributed by atoms with van der Waals surface area (Å²) in [6.07, 6.45) is -0.331. The molecular weight excluding hydrogens is 298 g/mol. The van der Waals surface area contributed by atoms with E-state index in [1.54, 1.807) is 52.0 Å². The van der Waals surface area contributed by atoms with Crippen molar-refractivity contribution in [2.24, 2.45) is 0 Å². The lowest BCUT2D eigenvalue weighted by molar-refractivity contribution is -0.116. The van der Waals surface area contributed by atoms with Crippen LogP contribution in [0.1, 0.15) is 34.1 Å². The van der Waals surface area contributed by atoms with Gasteiger partial charge >= 0.3 is 6.09 Å². The summed E-state index contributed by atoms with van der Waals surface area (Å²) in [5.74, 6) is -0.576. The number of hydrogen-bond donors (Lipinski definition) is 3. The van der Waals surface area contributed by atoms with Crippen molar-refractivity contribution in [2.75, 3.05) is 17.2 Å². The van der Waals surface area contributed by atoms with Gasteiger partial charge in [-0.15, -0.1) is 0 Å². The standard InChI is InChI=1S/C16H23N3O4/c1-5-13(20)18-11-8-6-7-9-12(11)19-14(21)10-17-15(22)23-16(2,3)4/h6-9H,5,10H2,1-4H3,(H,17,22)(H,18,20)(H,19,21). The smallest absolute Gasteiger partial charge is 0.408 e. The van der Waals surface area contributed by atoms with Crippen LogP contribution in [0.2, 0.25) is 0 Å². The van der Waals surface area contributed by atoms with E-state index in [-0.39, 0.29) is 12.5 Å². The van der Waals surface area contributed by atoms with Crippen LogP contribution >= 0.6 is 0 Å². The second-order valence-corrected chi connectivity index (χ2v) is 5.85. The largest absolute Gasteiger partial charge is 0.444 e. The van der Waals surface area contributed by atoms with Gasteiger partial charge in [-0.25, -0.2) is 4.79 Å². The number of amides is 3. The van der Waals surface area contributed by atoms with Crippen molar-refractivity contribution in [3.05, 3.63) is 24.3 Å². The Morgan fingerprint density at radius 1 is 1.00 bits per heavy atom. The van der Waals surface area contributed by atoms with E-state index in [1.807, 2.05) is 0 Å². The van der Waals surface area contributed by atoms with Crippen LogP contribution in [0.5, 0.6) is 0 Å². The monoisotopic (exact) mass is 321 g/mol. The fourth-order valence-corrected chi connectivity index (χ4v) is 1.60.